The van der Waals surface area contributed by atoms with Gasteiger partial charge in [-0.15, -0.1) is 0 Å². The highest BCUT2D eigenvalue weighted by Crippen LogP contribution is 2.33. The molecule has 0 amide bonds. The Morgan fingerprint density at radius 1 is 1.16 bits per heavy atom. The molecule has 114 valence electrons. The molecule has 1 atom stereocenters. The molecule has 0 aromatic heterocycles. The monoisotopic (exact) mass is 280 g/mol. The average Bonchev–Trinajstić information content (AvgIpc) is 2.94. The van der Waals surface area contributed by atoms with E-state index in [2.05, 4.69) is 5.32 Å². The largest absolute Gasteiger partial charge is 0.401 e. The van der Waals surface area contributed by atoms with Crippen molar-refractivity contribution in [2.75, 3.05) is 13.1 Å². The van der Waals surface area contributed by atoms with Crippen LogP contribution < -0.4 is 5.32 Å². The van der Waals surface area contributed by atoms with Gasteiger partial charge in [-0.1, -0.05) is 13.8 Å². The molecule has 5 heteroatoms. The van der Waals surface area contributed by atoms with Gasteiger partial charge in [-0.25, -0.2) is 0 Å². The number of nitrogens with zero attached hydrogens (tertiary/aromatic N) is 1. The van der Waals surface area contributed by atoms with Crippen molar-refractivity contribution in [3.05, 3.63) is 0 Å². The van der Waals surface area contributed by atoms with Crippen LogP contribution in [0.4, 0.5) is 13.2 Å². The van der Waals surface area contributed by atoms with Crippen LogP contribution in [0.15, 0.2) is 0 Å². The zero-order valence-corrected chi connectivity index (χ0v) is 12.6. The molecule has 1 saturated carbocycles. The van der Waals surface area contributed by atoms with Gasteiger partial charge in [0.05, 0.1) is 6.54 Å². The van der Waals surface area contributed by atoms with E-state index in [4.69, 9.17) is 0 Å². The summed E-state index contributed by atoms with van der Waals surface area (Å²) in [5.41, 5.74) is -0.0689. The van der Waals surface area contributed by atoms with Crippen LogP contribution in [0.2, 0.25) is 0 Å². The molecule has 19 heavy (non-hydrogen) atoms. The van der Waals surface area contributed by atoms with Gasteiger partial charge in [0.1, 0.15) is 0 Å². The summed E-state index contributed by atoms with van der Waals surface area (Å²) in [4.78, 5) is 1.66. The maximum absolute atomic E-state index is 12.7. The topological polar surface area (TPSA) is 15.3 Å². The molecule has 0 heterocycles. The number of hydrogen-bond donors (Lipinski definition) is 1. The molecule has 1 fully saturated rings. The van der Waals surface area contributed by atoms with Crippen molar-refractivity contribution in [2.24, 2.45) is 5.92 Å². The number of nitrogens with one attached hydrogen (secondary N) is 1. The Morgan fingerprint density at radius 2 is 1.68 bits per heavy atom. The van der Waals surface area contributed by atoms with Gasteiger partial charge in [0.15, 0.2) is 0 Å². The first kappa shape index (κ1) is 16.8. The van der Waals surface area contributed by atoms with Gasteiger partial charge < -0.3 is 5.32 Å². The summed E-state index contributed by atoms with van der Waals surface area (Å²) in [6.07, 6.45) is -2.32. The van der Waals surface area contributed by atoms with E-state index < -0.39 is 12.7 Å². The molecule has 1 unspecified atom stereocenters. The van der Waals surface area contributed by atoms with E-state index in [0.717, 1.165) is 12.8 Å². The van der Waals surface area contributed by atoms with Gasteiger partial charge >= 0.3 is 6.18 Å². The predicted molar refractivity (Wildman–Crippen MR) is 72.2 cm³/mol. The van der Waals surface area contributed by atoms with Crippen molar-refractivity contribution in [2.45, 2.75) is 71.3 Å². The van der Waals surface area contributed by atoms with Crippen molar-refractivity contribution in [3.8, 4) is 0 Å². The van der Waals surface area contributed by atoms with E-state index in [1.54, 1.807) is 4.90 Å². The van der Waals surface area contributed by atoms with Gasteiger partial charge in [0.2, 0.25) is 0 Å². The van der Waals surface area contributed by atoms with Crippen molar-refractivity contribution < 1.29 is 13.2 Å². The molecule has 0 spiro atoms. The lowest BCUT2D eigenvalue weighted by Crippen LogP contribution is -2.53. The quantitative estimate of drug-likeness (QED) is 0.802. The molecule has 0 aromatic carbocycles. The van der Waals surface area contributed by atoms with E-state index in [-0.39, 0.29) is 23.5 Å². The summed E-state index contributed by atoms with van der Waals surface area (Å²) in [6, 6.07) is 0.0594. The molecule has 1 aliphatic carbocycles. The lowest BCUT2D eigenvalue weighted by Gasteiger charge is -2.37. The highest BCUT2D eigenvalue weighted by molar-refractivity contribution is 4.92. The molecule has 0 bridgehead atoms. The van der Waals surface area contributed by atoms with Crippen molar-refractivity contribution in [3.63, 3.8) is 0 Å². The third-order valence-electron chi connectivity index (χ3n) is 3.41. The van der Waals surface area contributed by atoms with Crippen LogP contribution in [0.25, 0.3) is 0 Å². The van der Waals surface area contributed by atoms with Crippen LogP contribution in [0.3, 0.4) is 0 Å². The Morgan fingerprint density at radius 3 is 2.00 bits per heavy atom. The fourth-order valence-corrected chi connectivity index (χ4v) is 2.28. The number of rotatable bonds is 6. The number of hydrogen-bond acceptors (Lipinski definition) is 2. The van der Waals surface area contributed by atoms with Crippen LogP contribution >= 0.6 is 0 Å². The maximum atomic E-state index is 12.7. The van der Waals surface area contributed by atoms with Crippen LogP contribution in [0, 0.1) is 5.92 Å². The average molecular weight is 280 g/mol. The third-order valence-corrected chi connectivity index (χ3v) is 3.41. The lowest BCUT2D eigenvalue weighted by atomic mass is 10.00. The Kier molecular flexibility index (Phi) is 5.29. The van der Waals surface area contributed by atoms with Gasteiger partial charge in [-0.2, -0.15) is 13.2 Å². The van der Waals surface area contributed by atoms with E-state index in [1.165, 1.54) is 0 Å². The first-order valence-electron chi connectivity index (χ1n) is 7.07. The maximum Gasteiger partial charge on any atom is 0.401 e. The highest BCUT2D eigenvalue weighted by atomic mass is 19.4. The molecule has 1 N–H and O–H groups in total. The molecule has 0 aromatic rings. The molecule has 0 radical (unpaired) electrons. The fraction of sp³-hybridized carbons (Fsp3) is 1.00. The Balaban J connectivity index is 2.70. The summed E-state index contributed by atoms with van der Waals surface area (Å²) in [5.74, 6) is 0.206. The Hall–Kier alpha value is -0.290. The van der Waals surface area contributed by atoms with Crippen molar-refractivity contribution in [1.82, 2.24) is 10.2 Å². The minimum absolute atomic E-state index is 0.0617. The van der Waals surface area contributed by atoms with Gasteiger partial charge in [0, 0.05) is 24.2 Å². The molecule has 2 nitrogen and oxygen atoms in total. The highest BCUT2D eigenvalue weighted by Gasteiger charge is 2.42. The SMILES string of the molecule is CC(C)C(CNC(C)(C)C)N(CC(F)(F)F)C1CC1. The summed E-state index contributed by atoms with van der Waals surface area (Å²) in [7, 11) is 0. The van der Waals surface area contributed by atoms with Gasteiger partial charge in [-0.3, -0.25) is 4.90 Å². The molecular weight excluding hydrogens is 253 g/mol. The molecule has 1 rings (SSSR count). The lowest BCUT2D eigenvalue weighted by molar-refractivity contribution is -0.154. The van der Waals surface area contributed by atoms with Crippen LogP contribution in [-0.4, -0.2) is 41.8 Å². The first-order valence-corrected chi connectivity index (χ1v) is 7.07. The second kappa shape index (κ2) is 6.00. The summed E-state index contributed by atoms with van der Waals surface area (Å²) in [6.45, 7) is 9.93. The zero-order chi connectivity index (χ0) is 14.8. The van der Waals surface area contributed by atoms with E-state index >= 15 is 0 Å². The zero-order valence-electron chi connectivity index (χ0n) is 12.6. The van der Waals surface area contributed by atoms with Crippen LogP contribution in [0.1, 0.15) is 47.5 Å². The number of alkyl halides is 3. The minimum atomic E-state index is -4.11. The third kappa shape index (κ3) is 6.61. The Bertz CT molecular complexity index is 277. The van der Waals surface area contributed by atoms with Crippen molar-refractivity contribution >= 4 is 0 Å². The van der Waals surface area contributed by atoms with Crippen LogP contribution in [-0.2, 0) is 0 Å². The predicted octanol–water partition coefficient (Wildman–Crippen LogP) is 3.43. The second-order valence-electron chi connectivity index (χ2n) is 6.96. The van der Waals surface area contributed by atoms with Crippen LogP contribution in [0.5, 0.6) is 0 Å². The fourth-order valence-electron chi connectivity index (χ4n) is 2.28. The van der Waals surface area contributed by atoms with Gasteiger partial charge in [0.25, 0.3) is 0 Å². The summed E-state index contributed by atoms with van der Waals surface area (Å²) >= 11 is 0. The van der Waals surface area contributed by atoms with E-state index in [9.17, 15) is 13.2 Å². The number of halogens is 3. The van der Waals surface area contributed by atoms with E-state index in [1.807, 2.05) is 34.6 Å². The van der Waals surface area contributed by atoms with Gasteiger partial charge in [-0.05, 0) is 39.5 Å². The molecule has 1 aliphatic rings. The second-order valence-corrected chi connectivity index (χ2v) is 6.96. The summed E-state index contributed by atoms with van der Waals surface area (Å²) in [5, 5.41) is 3.34. The van der Waals surface area contributed by atoms with Crippen molar-refractivity contribution in [1.29, 1.82) is 0 Å². The minimum Gasteiger partial charge on any atom is -0.311 e. The first-order chi connectivity index (χ1) is 8.49. The Labute approximate surface area is 114 Å². The normalized spacial score (nSPS) is 19.3. The molecule has 0 aliphatic heterocycles. The standard InChI is InChI=1S/C14H27F3N2/c1-10(2)12(8-18-13(3,4)5)19(11-6-7-11)9-14(15,16)17/h10-12,18H,6-9H2,1-5H3. The van der Waals surface area contributed by atoms with E-state index in [0.29, 0.717) is 6.54 Å². The molecule has 0 saturated heterocycles. The smallest absolute Gasteiger partial charge is 0.311 e. The molecular formula is C14H27F3N2. The summed E-state index contributed by atoms with van der Waals surface area (Å²) < 4.78 is 38.2.